The van der Waals surface area contributed by atoms with E-state index in [2.05, 4.69) is 5.32 Å². The third kappa shape index (κ3) is 2.61. The number of hydrogen-bond acceptors (Lipinski definition) is 3. The number of likely N-dealkylation sites (N-methyl/N-ethyl adjacent to an activating group) is 1. The Labute approximate surface area is 113 Å². The molecule has 0 spiro atoms. The molecule has 7 heteroatoms. The van der Waals surface area contributed by atoms with E-state index in [4.69, 9.17) is 11.6 Å². The van der Waals surface area contributed by atoms with Crippen molar-refractivity contribution in [2.24, 2.45) is 0 Å². The van der Waals surface area contributed by atoms with Crippen LogP contribution in [0, 0.1) is 0 Å². The molecule has 0 amide bonds. The van der Waals surface area contributed by atoms with Crippen molar-refractivity contribution in [3.63, 3.8) is 0 Å². The van der Waals surface area contributed by atoms with Gasteiger partial charge in [-0.1, -0.05) is 11.6 Å². The van der Waals surface area contributed by atoms with Gasteiger partial charge in [0.15, 0.2) is 0 Å². The second kappa shape index (κ2) is 5.44. The maximum absolute atomic E-state index is 12.3. The molecule has 0 unspecified atom stereocenters. The van der Waals surface area contributed by atoms with E-state index < -0.39 is 10.2 Å². The standard InChI is InChI=1S/C11H16ClN3O2S/c1-13-6-7-14-8-9-15(18(14,16)17)11-4-2-10(12)3-5-11/h2-5,13H,6-9H2,1H3. The average molecular weight is 290 g/mol. The van der Waals surface area contributed by atoms with Crippen molar-refractivity contribution >= 4 is 27.5 Å². The van der Waals surface area contributed by atoms with Crippen LogP contribution < -0.4 is 9.62 Å². The number of benzene rings is 1. The van der Waals surface area contributed by atoms with Crippen molar-refractivity contribution in [1.29, 1.82) is 0 Å². The number of nitrogens with zero attached hydrogens (tertiary/aromatic N) is 2. The zero-order valence-corrected chi connectivity index (χ0v) is 11.7. The Bertz CT molecular complexity index is 504. The molecule has 1 aromatic rings. The Morgan fingerprint density at radius 3 is 2.56 bits per heavy atom. The lowest BCUT2D eigenvalue weighted by atomic mass is 10.3. The molecule has 1 saturated heterocycles. The number of nitrogens with one attached hydrogen (secondary N) is 1. The molecule has 0 radical (unpaired) electrons. The smallest absolute Gasteiger partial charge is 0.304 e. The predicted molar refractivity (Wildman–Crippen MR) is 73.2 cm³/mol. The van der Waals surface area contributed by atoms with Gasteiger partial charge in [0.05, 0.1) is 5.69 Å². The zero-order valence-electron chi connectivity index (χ0n) is 10.1. The van der Waals surface area contributed by atoms with Gasteiger partial charge in [-0.15, -0.1) is 0 Å². The van der Waals surface area contributed by atoms with Crippen LogP contribution in [-0.4, -0.2) is 45.9 Å². The minimum atomic E-state index is -3.38. The summed E-state index contributed by atoms with van der Waals surface area (Å²) in [6.45, 7) is 2.14. The van der Waals surface area contributed by atoms with E-state index in [1.165, 1.54) is 8.61 Å². The first kappa shape index (κ1) is 13.6. The summed E-state index contributed by atoms with van der Waals surface area (Å²) in [4.78, 5) is 0. The van der Waals surface area contributed by atoms with E-state index in [1.807, 2.05) is 0 Å². The molecule has 0 aliphatic carbocycles. The van der Waals surface area contributed by atoms with E-state index in [-0.39, 0.29) is 0 Å². The monoisotopic (exact) mass is 289 g/mol. The summed E-state index contributed by atoms with van der Waals surface area (Å²) in [6, 6.07) is 6.84. The van der Waals surface area contributed by atoms with Crippen LogP contribution in [0.1, 0.15) is 0 Å². The van der Waals surface area contributed by atoms with Gasteiger partial charge >= 0.3 is 10.2 Å². The summed E-state index contributed by atoms with van der Waals surface area (Å²) in [5, 5.41) is 3.55. The maximum Gasteiger partial charge on any atom is 0.304 e. The molecule has 0 atom stereocenters. The van der Waals surface area contributed by atoms with Crippen LogP contribution >= 0.6 is 11.6 Å². The molecule has 0 saturated carbocycles. The second-order valence-corrected chi connectivity index (χ2v) is 6.35. The molecule has 2 rings (SSSR count). The van der Waals surface area contributed by atoms with Crippen molar-refractivity contribution in [2.45, 2.75) is 0 Å². The Hall–Kier alpha value is -0.820. The number of hydrogen-bond donors (Lipinski definition) is 1. The molecule has 1 fully saturated rings. The number of halogens is 1. The van der Waals surface area contributed by atoms with Gasteiger partial charge in [-0.2, -0.15) is 12.7 Å². The summed E-state index contributed by atoms with van der Waals surface area (Å²) >= 11 is 5.80. The molecule has 1 aliphatic heterocycles. The highest BCUT2D eigenvalue weighted by Crippen LogP contribution is 2.25. The molecule has 1 aliphatic rings. The van der Waals surface area contributed by atoms with Crippen molar-refractivity contribution in [1.82, 2.24) is 9.62 Å². The van der Waals surface area contributed by atoms with Crippen molar-refractivity contribution < 1.29 is 8.42 Å². The first-order valence-corrected chi connectivity index (χ1v) is 7.51. The largest absolute Gasteiger partial charge is 0.318 e. The van der Waals surface area contributed by atoms with Gasteiger partial charge < -0.3 is 5.32 Å². The number of rotatable bonds is 4. The van der Waals surface area contributed by atoms with Crippen LogP contribution in [0.3, 0.4) is 0 Å². The normalized spacial score (nSPS) is 19.3. The molecule has 5 nitrogen and oxygen atoms in total. The highest BCUT2D eigenvalue weighted by atomic mass is 35.5. The lowest BCUT2D eigenvalue weighted by molar-refractivity contribution is 0.447. The molecule has 1 heterocycles. The van der Waals surface area contributed by atoms with Gasteiger partial charge in [0, 0.05) is 31.2 Å². The topological polar surface area (TPSA) is 52.6 Å². The minimum Gasteiger partial charge on any atom is -0.318 e. The van der Waals surface area contributed by atoms with Crippen LogP contribution in [0.4, 0.5) is 5.69 Å². The van der Waals surface area contributed by atoms with Gasteiger partial charge in [0.1, 0.15) is 0 Å². The van der Waals surface area contributed by atoms with Gasteiger partial charge in [-0.25, -0.2) is 0 Å². The Kier molecular flexibility index (Phi) is 4.11. The summed E-state index contributed by atoms with van der Waals surface area (Å²) in [5.41, 5.74) is 0.659. The fourth-order valence-corrected chi connectivity index (χ4v) is 3.65. The third-order valence-electron chi connectivity index (χ3n) is 2.88. The van der Waals surface area contributed by atoms with Crippen molar-refractivity contribution in [3.8, 4) is 0 Å². The molecule has 1 N–H and O–H groups in total. The highest BCUT2D eigenvalue weighted by Gasteiger charge is 2.35. The lowest BCUT2D eigenvalue weighted by Gasteiger charge is -2.20. The Morgan fingerprint density at radius 1 is 1.28 bits per heavy atom. The molecular formula is C11H16ClN3O2S. The third-order valence-corrected chi connectivity index (χ3v) is 5.10. The summed E-state index contributed by atoms with van der Waals surface area (Å²) in [7, 11) is -1.58. The van der Waals surface area contributed by atoms with E-state index in [9.17, 15) is 8.42 Å². The van der Waals surface area contributed by atoms with Crippen LogP contribution in [0.2, 0.25) is 5.02 Å². The van der Waals surface area contributed by atoms with Gasteiger partial charge in [-0.3, -0.25) is 4.31 Å². The fraction of sp³-hybridized carbons (Fsp3) is 0.455. The second-order valence-electron chi connectivity index (χ2n) is 4.06. The first-order valence-electron chi connectivity index (χ1n) is 5.73. The first-order chi connectivity index (χ1) is 8.55. The van der Waals surface area contributed by atoms with Gasteiger partial charge in [0.2, 0.25) is 0 Å². The summed E-state index contributed by atoms with van der Waals surface area (Å²) in [6.07, 6.45) is 0. The molecule has 18 heavy (non-hydrogen) atoms. The molecule has 100 valence electrons. The highest BCUT2D eigenvalue weighted by molar-refractivity contribution is 7.90. The summed E-state index contributed by atoms with van der Waals surface area (Å²) < 4.78 is 27.5. The van der Waals surface area contributed by atoms with Gasteiger partial charge in [-0.05, 0) is 31.3 Å². The predicted octanol–water partition coefficient (Wildman–Crippen LogP) is 0.926. The van der Waals surface area contributed by atoms with Crippen molar-refractivity contribution in [2.75, 3.05) is 37.5 Å². The van der Waals surface area contributed by atoms with E-state index >= 15 is 0 Å². The van der Waals surface area contributed by atoms with E-state index in [0.29, 0.717) is 36.9 Å². The quantitative estimate of drug-likeness (QED) is 0.897. The van der Waals surface area contributed by atoms with Crippen LogP contribution in [0.5, 0.6) is 0 Å². The van der Waals surface area contributed by atoms with Gasteiger partial charge in [0.25, 0.3) is 0 Å². The van der Waals surface area contributed by atoms with Crippen LogP contribution in [0.25, 0.3) is 0 Å². The SMILES string of the molecule is CNCCN1CCN(c2ccc(Cl)cc2)S1(=O)=O. The molecular weight excluding hydrogens is 274 g/mol. The fourth-order valence-electron chi connectivity index (χ4n) is 1.91. The lowest BCUT2D eigenvalue weighted by Crippen LogP contribution is -2.36. The van der Waals surface area contributed by atoms with Crippen LogP contribution in [0.15, 0.2) is 24.3 Å². The molecule has 1 aromatic carbocycles. The van der Waals surface area contributed by atoms with E-state index in [1.54, 1.807) is 31.3 Å². The Morgan fingerprint density at radius 2 is 1.94 bits per heavy atom. The van der Waals surface area contributed by atoms with Crippen LogP contribution in [-0.2, 0) is 10.2 Å². The Balaban J connectivity index is 2.19. The maximum atomic E-state index is 12.3. The van der Waals surface area contributed by atoms with E-state index in [0.717, 1.165) is 0 Å². The molecule has 0 bridgehead atoms. The average Bonchev–Trinajstić information content (AvgIpc) is 2.63. The van der Waals surface area contributed by atoms with Crippen molar-refractivity contribution in [3.05, 3.63) is 29.3 Å². The zero-order chi connectivity index (χ0) is 13.2. The minimum absolute atomic E-state index is 0.480. The summed E-state index contributed by atoms with van der Waals surface area (Å²) in [5.74, 6) is 0. The number of anilines is 1. The molecule has 0 aromatic heterocycles.